The molecule has 0 aliphatic carbocycles. The molecule has 20 heteroatoms. The van der Waals surface area contributed by atoms with Crippen molar-refractivity contribution >= 4 is 58.6 Å². The van der Waals surface area contributed by atoms with Crippen LogP contribution in [0.4, 0.5) is 11.4 Å². The lowest BCUT2D eigenvalue weighted by Gasteiger charge is -2.25. The summed E-state index contributed by atoms with van der Waals surface area (Å²) < 4.78 is 0. The third kappa shape index (κ3) is 17.6. The molecule has 0 spiro atoms. The second kappa shape index (κ2) is 27.3. The fourth-order valence-electron chi connectivity index (χ4n) is 7.71. The summed E-state index contributed by atoms with van der Waals surface area (Å²) in [5.41, 5.74) is 15.3. The SMILES string of the molecule is C[C@@H](NC(=O)[C@H](N)Cc1ccc(O)cc1)C(=O)N(C)CC(=O)N[C@@H](Cc1ccccc1)C(=O)Nc1ccccc1NC(=O)[C@@H](Cc1ccccc1)NC(=O)CN(C)C(=O)[C@@H](C)NC(=O)[C@H](N)Cc1ccc(O)cc1. The number of rotatable bonds is 24. The van der Waals surface area contributed by atoms with Crippen LogP contribution in [0, 0.1) is 0 Å². The van der Waals surface area contributed by atoms with E-state index in [4.69, 9.17) is 11.5 Å². The normalized spacial score (nSPS) is 13.3. The fraction of sp³-hybridized carbons (Fsp3) is 0.296. The number of carbonyl (C=O) groups is 8. The number of phenolic OH excluding ortho intramolecular Hbond substituents is 2. The quantitative estimate of drug-likeness (QED) is 0.0421. The predicted molar refractivity (Wildman–Crippen MR) is 278 cm³/mol. The highest BCUT2D eigenvalue weighted by molar-refractivity contribution is 6.04. The molecule has 0 aliphatic rings. The summed E-state index contributed by atoms with van der Waals surface area (Å²) in [5.74, 6) is -4.94. The van der Waals surface area contributed by atoms with Gasteiger partial charge in [0.2, 0.25) is 47.3 Å². The van der Waals surface area contributed by atoms with Crippen molar-refractivity contribution in [3.05, 3.63) is 156 Å². The van der Waals surface area contributed by atoms with Crippen LogP contribution in [0.5, 0.6) is 11.5 Å². The molecule has 20 nitrogen and oxygen atoms in total. The van der Waals surface area contributed by atoms with Crippen LogP contribution < -0.4 is 43.4 Å². The molecule has 12 N–H and O–H groups in total. The van der Waals surface area contributed by atoms with E-state index in [9.17, 15) is 48.6 Å². The first-order valence-corrected chi connectivity index (χ1v) is 23.8. The molecule has 0 fully saturated rings. The largest absolute Gasteiger partial charge is 0.508 e. The summed E-state index contributed by atoms with van der Waals surface area (Å²) >= 11 is 0. The molecule has 0 radical (unpaired) electrons. The van der Waals surface area contributed by atoms with Gasteiger partial charge in [-0.25, -0.2) is 0 Å². The van der Waals surface area contributed by atoms with E-state index < -0.39 is 96.6 Å². The zero-order valence-corrected chi connectivity index (χ0v) is 41.6. The second-order valence-electron chi connectivity index (χ2n) is 17.9. The Labute approximate surface area is 429 Å². The number of aromatic hydroxyl groups is 2. The molecule has 74 heavy (non-hydrogen) atoms. The van der Waals surface area contributed by atoms with Crippen molar-refractivity contribution < 1.29 is 48.6 Å². The number of para-hydroxylation sites is 2. The molecule has 0 aromatic heterocycles. The number of hydrogen-bond acceptors (Lipinski definition) is 12. The summed E-state index contributed by atoms with van der Waals surface area (Å²) in [6.07, 6.45) is 0.377. The van der Waals surface area contributed by atoms with E-state index >= 15 is 0 Å². The Kier molecular flexibility index (Phi) is 20.7. The maximum atomic E-state index is 14.1. The molecular weight excluding hydrogens is 949 g/mol. The van der Waals surface area contributed by atoms with E-state index in [2.05, 4.69) is 31.9 Å². The average molecular weight is 1010 g/mol. The maximum Gasteiger partial charge on any atom is 0.247 e. The van der Waals surface area contributed by atoms with Crippen molar-refractivity contribution in [2.24, 2.45) is 11.5 Å². The van der Waals surface area contributed by atoms with Crippen LogP contribution in [0.25, 0.3) is 0 Å². The van der Waals surface area contributed by atoms with Crippen LogP contribution in [0.15, 0.2) is 133 Å². The Balaban J connectivity index is 1.21. The minimum atomic E-state index is -1.18. The number of anilines is 2. The van der Waals surface area contributed by atoms with Gasteiger partial charge in [0.05, 0.1) is 36.5 Å². The number of nitrogens with one attached hydrogen (secondary N) is 6. The van der Waals surface area contributed by atoms with Gasteiger partial charge in [-0.1, -0.05) is 97.1 Å². The van der Waals surface area contributed by atoms with Gasteiger partial charge < -0.3 is 63.4 Å². The highest BCUT2D eigenvalue weighted by atomic mass is 16.3. The monoisotopic (exact) mass is 1010 g/mol. The number of benzene rings is 5. The van der Waals surface area contributed by atoms with Gasteiger partial charge in [0.1, 0.15) is 35.7 Å². The van der Waals surface area contributed by atoms with Crippen LogP contribution in [0.2, 0.25) is 0 Å². The molecule has 0 unspecified atom stereocenters. The van der Waals surface area contributed by atoms with Gasteiger partial charge in [0.25, 0.3) is 0 Å². The Morgan fingerprint density at radius 2 is 0.743 bits per heavy atom. The second-order valence-corrected chi connectivity index (χ2v) is 17.9. The number of nitrogens with two attached hydrogens (primary N) is 2. The van der Waals surface area contributed by atoms with Crippen molar-refractivity contribution in [3.8, 4) is 11.5 Å². The Hall–Kier alpha value is -8.62. The van der Waals surface area contributed by atoms with E-state index in [1.165, 1.54) is 52.2 Å². The Bertz CT molecular complexity index is 2540. The first-order valence-electron chi connectivity index (χ1n) is 23.8. The van der Waals surface area contributed by atoms with Crippen LogP contribution in [0.3, 0.4) is 0 Å². The molecule has 0 heterocycles. The minimum absolute atomic E-state index is 0.0395. The summed E-state index contributed by atoms with van der Waals surface area (Å²) in [7, 11) is 2.75. The van der Waals surface area contributed by atoms with Gasteiger partial charge in [-0.2, -0.15) is 0 Å². The number of hydrogen-bond donors (Lipinski definition) is 10. The van der Waals surface area contributed by atoms with Gasteiger partial charge in [-0.3, -0.25) is 38.4 Å². The molecule has 5 aromatic carbocycles. The van der Waals surface area contributed by atoms with Crippen LogP contribution in [-0.2, 0) is 64.0 Å². The fourth-order valence-corrected chi connectivity index (χ4v) is 7.71. The molecule has 8 amide bonds. The van der Waals surface area contributed by atoms with E-state index in [0.29, 0.717) is 22.3 Å². The lowest BCUT2D eigenvalue weighted by atomic mass is 10.0. The van der Waals surface area contributed by atoms with Crippen molar-refractivity contribution in [2.75, 3.05) is 37.8 Å². The Morgan fingerprint density at radius 1 is 0.432 bits per heavy atom. The number of nitrogens with zero attached hydrogens (tertiary/aromatic N) is 2. The third-order valence-electron chi connectivity index (χ3n) is 11.7. The average Bonchev–Trinajstić information content (AvgIpc) is 3.37. The number of carbonyl (C=O) groups excluding carboxylic acids is 8. The third-order valence-corrected chi connectivity index (χ3v) is 11.7. The summed E-state index contributed by atoms with van der Waals surface area (Å²) in [4.78, 5) is 110. The zero-order chi connectivity index (χ0) is 53.9. The first-order chi connectivity index (χ1) is 35.3. The lowest BCUT2D eigenvalue weighted by molar-refractivity contribution is -0.138. The van der Waals surface area contributed by atoms with E-state index in [-0.39, 0.29) is 48.6 Å². The molecule has 6 atom stereocenters. The minimum Gasteiger partial charge on any atom is -0.508 e. The zero-order valence-electron chi connectivity index (χ0n) is 41.6. The van der Waals surface area contributed by atoms with Crippen molar-refractivity contribution in [2.45, 2.75) is 75.8 Å². The topological polar surface area (TPSA) is 308 Å². The molecule has 0 saturated heterocycles. The van der Waals surface area contributed by atoms with E-state index in [1.807, 2.05) is 0 Å². The van der Waals surface area contributed by atoms with Gasteiger partial charge in [-0.05, 0) is 85.3 Å². The van der Waals surface area contributed by atoms with Gasteiger partial charge in [-0.15, -0.1) is 0 Å². The van der Waals surface area contributed by atoms with Crippen molar-refractivity contribution in [1.82, 2.24) is 31.1 Å². The molecule has 0 saturated carbocycles. The highest BCUT2D eigenvalue weighted by Gasteiger charge is 2.29. The molecule has 0 bridgehead atoms. The lowest BCUT2D eigenvalue weighted by Crippen LogP contribution is -2.53. The number of likely N-dealkylation sites (N-methyl/N-ethyl adjacent to an activating group) is 2. The molecule has 5 rings (SSSR count). The molecular formula is C54H64N10O10. The standard InChI is InChI=1S/C54H64N10O10/c1-33(57-49(69)41(55)27-37-19-23-39(65)24-20-37)53(73)63(3)31-47(67)59-45(29-35-13-7-5-8-14-35)51(71)61-43-17-11-12-18-44(43)62-52(72)46(30-36-15-9-6-10-16-36)60-48(68)32-64(4)54(74)34(2)58-50(70)42(56)28-38-21-25-40(66)26-22-38/h5-26,33-34,41-42,45-46,65-66H,27-32,55-56H2,1-4H3,(H,57,69)(H,58,70)(H,59,67)(H,60,68)(H,61,71)(H,62,72)/t33-,34-,41-,42-,45-,46+/m1/s1. The number of phenols is 2. The highest BCUT2D eigenvalue weighted by Crippen LogP contribution is 2.23. The first kappa shape index (κ1) is 56.3. The number of amides is 8. The maximum absolute atomic E-state index is 14.1. The smallest absolute Gasteiger partial charge is 0.247 e. The summed E-state index contributed by atoms with van der Waals surface area (Å²) in [5, 5.41) is 35.3. The molecule has 390 valence electrons. The van der Waals surface area contributed by atoms with Gasteiger partial charge in [0.15, 0.2) is 0 Å². The summed E-state index contributed by atoms with van der Waals surface area (Å²) in [6.45, 7) is 1.96. The van der Waals surface area contributed by atoms with Gasteiger partial charge >= 0.3 is 0 Å². The molecule has 0 aliphatic heterocycles. The molecule has 5 aromatic rings. The predicted octanol–water partition coefficient (Wildman–Crippen LogP) is 1.50. The van der Waals surface area contributed by atoms with Gasteiger partial charge in [0, 0.05) is 26.9 Å². The van der Waals surface area contributed by atoms with Crippen molar-refractivity contribution in [1.29, 1.82) is 0 Å². The summed E-state index contributed by atoms with van der Waals surface area (Å²) in [6, 6.07) is 30.0. The van der Waals surface area contributed by atoms with Crippen LogP contribution in [0.1, 0.15) is 36.1 Å². The Morgan fingerprint density at radius 3 is 1.08 bits per heavy atom. The van der Waals surface area contributed by atoms with E-state index in [0.717, 1.165) is 9.80 Å². The van der Waals surface area contributed by atoms with Crippen LogP contribution in [-0.4, -0.2) is 131 Å². The van der Waals surface area contributed by atoms with Crippen LogP contribution >= 0.6 is 0 Å². The van der Waals surface area contributed by atoms with E-state index in [1.54, 1.807) is 109 Å². The van der Waals surface area contributed by atoms with Crippen molar-refractivity contribution in [3.63, 3.8) is 0 Å².